The van der Waals surface area contributed by atoms with Gasteiger partial charge in [-0.25, -0.2) is 0 Å². The van der Waals surface area contributed by atoms with Gasteiger partial charge in [-0.05, 0) is 41.0 Å². The molecule has 1 atom stereocenters. The first-order chi connectivity index (χ1) is 8.43. The molecule has 98 valence electrons. The van der Waals surface area contributed by atoms with Crippen LogP contribution in [0.25, 0.3) is 0 Å². The van der Waals surface area contributed by atoms with Gasteiger partial charge in [0.25, 0.3) is 0 Å². The molecule has 0 aliphatic heterocycles. The van der Waals surface area contributed by atoms with E-state index in [0.29, 0.717) is 4.83 Å². The fraction of sp³-hybridized carbons (Fsp3) is 0.467. The van der Waals surface area contributed by atoms with Crippen molar-refractivity contribution in [2.24, 2.45) is 0 Å². The maximum Gasteiger partial charge on any atom is 0.0833 e. The van der Waals surface area contributed by atoms with E-state index in [0.717, 1.165) is 6.42 Å². The summed E-state index contributed by atoms with van der Waals surface area (Å²) in [5.41, 5.74) is 1.71. The molecule has 0 spiro atoms. The van der Waals surface area contributed by atoms with E-state index in [1.807, 2.05) is 22.7 Å². The van der Waals surface area contributed by atoms with Crippen molar-refractivity contribution in [3.8, 4) is 0 Å². The molecule has 0 nitrogen and oxygen atoms in total. The van der Waals surface area contributed by atoms with Crippen LogP contribution in [0.3, 0.4) is 0 Å². The summed E-state index contributed by atoms with van der Waals surface area (Å²) in [6.45, 7) is 9.04. The zero-order valence-corrected chi connectivity index (χ0v) is 14.5. The summed E-state index contributed by atoms with van der Waals surface area (Å²) >= 11 is 7.64. The van der Waals surface area contributed by atoms with Crippen LogP contribution in [-0.2, 0) is 11.8 Å². The molecule has 0 saturated heterocycles. The molecule has 2 heterocycles. The molecule has 2 rings (SSSR count). The molecule has 0 amide bonds. The topological polar surface area (TPSA) is 0 Å². The predicted octanol–water partition coefficient (Wildman–Crippen LogP) is 6.15. The molecule has 3 heteroatoms. The van der Waals surface area contributed by atoms with Crippen LogP contribution in [-0.4, -0.2) is 0 Å². The number of alkyl halides is 1. The van der Waals surface area contributed by atoms with E-state index < -0.39 is 0 Å². The van der Waals surface area contributed by atoms with E-state index in [2.05, 4.69) is 67.2 Å². The lowest BCUT2D eigenvalue weighted by molar-refractivity contribution is 0.604. The molecular formula is C15H19BrS2. The molecule has 0 aliphatic carbocycles. The van der Waals surface area contributed by atoms with Crippen LogP contribution in [0.1, 0.15) is 52.7 Å². The van der Waals surface area contributed by atoms with E-state index in [4.69, 9.17) is 0 Å². The summed E-state index contributed by atoms with van der Waals surface area (Å²) in [6, 6.07) is 6.78. The predicted molar refractivity (Wildman–Crippen MR) is 87.5 cm³/mol. The highest BCUT2D eigenvalue weighted by Gasteiger charge is 2.21. The lowest BCUT2D eigenvalue weighted by Crippen LogP contribution is -2.07. The smallest absolute Gasteiger partial charge is 0.0833 e. The summed E-state index contributed by atoms with van der Waals surface area (Å²) in [5, 5.41) is 2.20. The molecule has 2 aromatic heterocycles. The zero-order chi connectivity index (χ0) is 13.3. The number of thiophene rings is 2. The number of halogens is 1. The Morgan fingerprint density at radius 2 is 1.94 bits per heavy atom. The number of aryl methyl sites for hydroxylation is 1. The molecule has 1 unspecified atom stereocenters. The van der Waals surface area contributed by atoms with Crippen LogP contribution < -0.4 is 0 Å². The summed E-state index contributed by atoms with van der Waals surface area (Å²) in [7, 11) is 0. The molecule has 0 radical (unpaired) electrons. The van der Waals surface area contributed by atoms with Crippen molar-refractivity contribution in [2.75, 3.05) is 0 Å². The fourth-order valence-corrected chi connectivity index (χ4v) is 5.05. The molecule has 18 heavy (non-hydrogen) atoms. The minimum Gasteiger partial charge on any atom is -0.147 e. The molecule has 0 N–H and O–H groups in total. The van der Waals surface area contributed by atoms with Crippen LogP contribution >= 0.6 is 38.6 Å². The molecule has 2 aromatic rings. The van der Waals surface area contributed by atoms with Gasteiger partial charge in [-0.3, -0.25) is 0 Å². The van der Waals surface area contributed by atoms with Gasteiger partial charge in [-0.1, -0.05) is 43.6 Å². The third-order valence-electron chi connectivity index (χ3n) is 3.01. The quantitative estimate of drug-likeness (QED) is 0.586. The average molecular weight is 343 g/mol. The van der Waals surface area contributed by atoms with E-state index in [9.17, 15) is 0 Å². The zero-order valence-electron chi connectivity index (χ0n) is 11.3. The van der Waals surface area contributed by atoms with Crippen LogP contribution in [0.2, 0.25) is 0 Å². The van der Waals surface area contributed by atoms with Crippen molar-refractivity contribution >= 4 is 38.6 Å². The second-order valence-electron chi connectivity index (χ2n) is 5.48. The average Bonchev–Trinajstić information content (AvgIpc) is 2.96. The molecule has 0 fully saturated rings. The Balaban J connectivity index is 2.29. The largest absolute Gasteiger partial charge is 0.147 e. The first-order valence-corrected chi connectivity index (χ1v) is 8.85. The Hall–Kier alpha value is -0.120. The second kappa shape index (κ2) is 5.48. The Bertz CT molecular complexity index is 517. The maximum atomic E-state index is 3.87. The number of hydrogen-bond donors (Lipinski definition) is 0. The van der Waals surface area contributed by atoms with Crippen LogP contribution in [0.4, 0.5) is 0 Å². The molecule has 0 aromatic carbocycles. The Morgan fingerprint density at radius 1 is 1.22 bits per heavy atom. The van der Waals surface area contributed by atoms with Gasteiger partial charge in [-0.2, -0.15) is 0 Å². The minimum atomic E-state index is 0.249. The van der Waals surface area contributed by atoms with Crippen molar-refractivity contribution in [1.29, 1.82) is 0 Å². The van der Waals surface area contributed by atoms with Crippen molar-refractivity contribution < 1.29 is 0 Å². The Labute approximate surface area is 126 Å². The molecule has 0 bridgehead atoms. The van der Waals surface area contributed by atoms with Gasteiger partial charge < -0.3 is 0 Å². The maximum absolute atomic E-state index is 3.87. The second-order valence-corrected chi connectivity index (χ2v) is 8.46. The summed E-state index contributed by atoms with van der Waals surface area (Å²) < 4.78 is 0. The van der Waals surface area contributed by atoms with E-state index in [1.54, 1.807) is 0 Å². The summed E-state index contributed by atoms with van der Waals surface area (Å²) in [5.74, 6) is 0. The van der Waals surface area contributed by atoms with Crippen LogP contribution in [0.15, 0.2) is 23.6 Å². The van der Waals surface area contributed by atoms with Gasteiger partial charge in [0.05, 0.1) is 4.83 Å². The molecule has 0 saturated carbocycles. The third-order valence-corrected chi connectivity index (χ3v) is 7.16. The summed E-state index contributed by atoms with van der Waals surface area (Å²) in [4.78, 5) is 4.68. The van der Waals surface area contributed by atoms with Crippen molar-refractivity contribution in [2.45, 2.75) is 44.4 Å². The highest BCUT2D eigenvalue weighted by molar-refractivity contribution is 9.09. The molecule has 0 aliphatic rings. The highest BCUT2D eigenvalue weighted by atomic mass is 79.9. The Morgan fingerprint density at radius 3 is 2.50 bits per heavy atom. The SMILES string of the molecule is CCc1ccsc1C(Br)c1ccc(C(C)(C)C)s1. The van der Waals surface area contributed by atoms with E-state index in [1.165, 1.54) is 20.2 Å². The van der Waals surface area contributed by atoms with Crippen molar-refractivity contribution in [3.05, 3.63) is 43.8 Å². The monoisotopic (exact) mass is 342 g/mol. The van der Waals surface area contributed by atoms with E-state index >= 15 is 0 Å². The van der Waals surface area contributed by atoms with Crippen molar-refractivity contribution in [1.82, 2.24) is 0 Å². The number of hydrogen-bond acceptors (Lipinski definition) is 2. The summed E-state index contributed by atoms with van der Waals surface area (Å²) in [6.07, 6.45) is 1.11. The lowest BCUT2D eigenvalue weighted by atomic mass is 9.95. The first-order valence-electron chi connectivity index (χ1n) is 6.24. The normalized spacial score (nSPS) is 13.8. The first kappa shape index (κ1) is 14.3. The number of rotatable bonds is 3. The van der Waals surface area contributed by atoms with Crippen LogP contribution in [0, 0.1) is 0 Å². The fourth-order valence-electron chi connectivity index (χ4n) is 1.88. The van der Waals surface area contributed by atoms with E-state index in [-0.39, 0.29) is 5.41 Å². The van der Waals surface area contributed by atoms with Crippen LogP contribution in [0.5, 0.6) is 0 Å². The minimum absolute atomic E-state index is 0.249. The van der Waals surface area contributed by atoms with Gasteiger partial charge in [0.1, 0.15) is 0 Å². The van der Waals surface area contributed by atoms with Gasteiger partial charge in [0.2, 0.25) is 0 Å². The highest BCUT2D eigenvalue weighted by Crippen LogP contribution is 2.41. The van der Waals surface area contributed by atoms with Gasteiger partial charge >= 0.3 is 0 Å². The Kier molecular flexibility index (Phi) is 4.35. The van der Waals surface area contributed by atoms with Crippen molar-refractivity contribution in [3.63, 3.8) is 0 Å². The third kappa shape index (κ3) is 2.89. The van der Waals surface area contributed by atoms with Gasteiger partial charge in [-0.15, -0.1) is 22.7 Å². The van der Waals surface area contributed by atoms with Gasteiger partial charge in [0.15, 0.2) is 0 Å². The van der Waals surface area contributed by atoms with Gasteiger partial charge in [0, 0.05) is 14.6 Å². The standard InChI is InChI=1S/C15H19BrS2/c1-5-10-8-9-17-14(10)13(16)11-6-7-12(18-11)15(2,3)4/h6-9,13H,5H2,1-4H3. The lowest BCUT2D eigenvalue weighted by Gasteiger charge is -2.15. The molecular weight excluding hydrogens is 324 g/mol.